The minimum absolute atomic E-state index is 0.586. The van der Waals surface area contributed by atoms with Gasteiger partial charge in [0.1, 0.15) is 0 Å². The Morgan fingerprint density at radius 2 is 2.24 bits per heavy atom. The lowest BCUT2D eigenvalue weighted by molar-refractivity contribution is 0.0172. The van der Waals surface area contributed by atoms with E-state index in [4.69, 9.17) is 0 Å². The number of fused-ring (bicyclic) bond motifs is 1. The second kappa shape index (κ2) is 4.17. The van der Waals surface area contributed by atoms with Crippen molar-refractivity contribution in [1.82, 2.24) is 10.3 Å². The first-order valence-corrected chi connectivity index (χ1v) is 6.25. The van der Waals surface area contributed by atoms with Crippen LogP contribution in [0.5, 0.6) is 0 Å². The summed E-state index contributed by atoms with van der Waals surface area (Å²) in [6.45, 7) is 1.72. The summed E-state index contributed by atoms with van der Waals surface area (Å²) in [7, 11) is 0. The molecule has 1 saturated heterocycles. The predicted octanol–water partition coefficient (Wildman–Crippen LogP) is 1.82. The maximum atomic E-state index is 10.5. The highest BCUT2D eigenvalue weighted by Crippen LogP contribution is 2.25. The van der Waals surface area contributed by atoms with Crippen molar-refractivity contribution in [3.05, 3.63) is 36.0 Å². The summed E-state index contributed by atoms with van der Waals surface area (Å²) < 4.78 is 0. The van der Waals surface area contributed by atoms with E-state index in [0.717, 1.165) is 31.3 Å². The van der Waals surface area contributed by atoms with Gasteiger partial charge in [0.25, 0.3) is 0 Å². The van der Waals surface area contributed by atoms with E-state index in [9.17, 15) is 5.11 Å². The number of rotatable bonds is 2. The van der Waals surface area contributed by atoms with E-state index in [2.05, 4.69) is 34.6 Å². The summed E-state index contributed by atoms with van der Waals surface area (Å²) in [4.78, 5) is 3.26. The molecule has 1 unspecified atom stereocenters. The van der Waals surface area contributed by atoms with Gasteiger partial charge in [-0.3, -0.25) is 0 Å². The number of hydrogen-bond donors (Lipinski definition) is 3. The Kier molecular flexibility index (Phi) is 2.65. The lowest BCUT2D eigenvalue weighted by atomic mass is 9.87. The van der Waals surface area contributed by atoms with Crippen molar-refractivity contribution in [3.8, 4) is 0 Å². The summed E-state index contributed by atoms with van der Waals surface area (Å²) in [6, 6.07) is 8.33. The van der Waals surface area contributed by atoms with Crippen LogP contribution < -0.4 is 5.32 Å². The topological polar surface area (TPSA) is 48.0 Å². The quantitative estimate of drug-likeness (QED) is 0.737. The minimum atomic E-state index is -0.586. The molecule has 90 valence electrons. The molecule has 1 fully saturated rings. The van der Waals surface area contributed by atoms with Gasteiger partial charge >= 0.3 is 0 Å². The summed E-state index contributed by atoms with van der Waals surface area (Å²) in [5.41, 5.74) is 1.78. The van der Waals surface area contributed by atoms with Crippen LogP contribution in [0.3, 0.4) is 0 Å². The molecule has 2 heterocycles. The van der Waals surface area contributed by atoms with Gasteiger partial charge in [-0.2, -0.15) is 0 Å². The summed E-state index contributed by atoms with van der Waals surface area (Å²) in [6.07, 6.45) is 4.61. The van der Waals surface area contributed by atoms with Crippen LogP contribution in [-0.2, 0) is 6.42 Å². The zero-order valence-corrected chi connectivity index (χ0v) is 9.87. The second-order valence-corrected chi connectivity index (χ2v) is 5.04. The van der Waals surface area contributed by atoms with Gasteiger partial charge in [-0.25, -0.2) is 0 Å². The minimum Gasteiger partial charge on any atom is -0.388 e. The molecule has 1 aliphatic heterocycles. The second-order valence-electron chi connectivity index (χ2n) is 5.04. The third-order valence-corrected chi connectivity index (χ3v) is 3.64. The van der Waals surface area contributed by atoms with Crippen LogP contribution in [0, 0.1) is 0 Å². The number of aromatic nitrogens is 1. The number of aromatic amines is 1. The number of hydrogen-bond acceptors (Lipinski definition) is 2. The third-order valence-electron chi connectivity index (χ3n) is 3.64. The fourth-order valence-corrected chi connectivity index (χ4v) is 2.75. The fraction of sp³-hybridized carbons (Fsp3) is 0.429. The van der Waals surface area contributed by atoms with Crippen molar-refractivity contribution in [2.24, 2.45) is 0 Å². The molecule has 1 atom stereocenters. The van der Waals surface area contributed by atoms with Gasteiger partial charge in [0, 0.05) is 24.7 Å². The molecule has 3 heteroatoms. The molecule has 0 amide bonds. The van der Waals surface area contributed by atoms with Gasteiger partial charge in [-0.05, 0) is 36.4 Å². The average molecular weight is 230 g/mol. The summed E-state index contributed by atoms with van der Waals surface area (Å²) in [5.74, 6) is 0. The van der Waals surface area contributed by atoms with Gasteiger partial charge in [0.15, 0.2) is 0 Å². The van der Waals surface area contributed by atoms with Crippen LogP contribution in [0.4, 0.5) is 0 Å². The van der Waals surface area contributed by atoms with Gasteiger partial charge in [-0.15, -0.1) is 0 Å². The fourth-order valence-electron chi connectivity index (χ4n) is 2.75. The van der Waals surface area contributed by atoms with Crippen LogP contribution in [0.2, 0.25) is 0 Å². The van der Waals surface area contributed by atoms with Crippen molar-refractivity contribution < 1.29 is 5.11 Å². The monoisotopic (exact) mass is 230 g/mol. The van der Waals surface area contributed by atoms with Crippen molar-refractivity contribution in [3.63, 3.8) is 0 Å². The van der Waals surface area contributed by atoms with Gasteiger partial charge in [0.05, 0.1) is 5.60 Å². The maximum absolute atomic E-state index is 10.5. The van der Waals surface area contributed by atoms with Crippen molar-refractivity contribution >= 4 is 10.9 Å². The van der Waals surface area contributed by atoms with E-state index >= 15 is 0 Å². The molecule has 17 heavy (non-hydrogen) atoms. The standard InChI is InChI=1S/C14H18N2O/c17-14(6-2-7-15-10-14)9-12-4-1-3-11-5-8-16-13(11)12/h1,3-5,8,15-17H,2,6-7,9-10H2. The Morgan fingerprint density at radius 1 is 1.29 bits per heavy atom. The Hall–Kier alpha value is -1.32. The highest BCUT2D eigenvalue weighted by Gasteiger charge is 2.29. The summed E-state index contributed by atoms with van der Waals surface area (Å²) >= 11 is 0. The Labute approximate surface area is 101 Å². The Bertz CT molecular complexity index is 512. The molecule has 3 nitrogen and oxygen atoms in total. The van der Waals surface area contributed by atoms with E-state index in [1.807, 2.05) is 6.20 Å². The van der Waals surface area contributed by atoms with Crippen LogP contribution >= 0.6 is 0 Å². The van der Waals surface area contributed by atoms with Crippen molar-refractivity contribution in [1.29, 1.82) is 0 Å². The van der Waals surface area contributed by atoms with Gasteiger partial charge in [-0.1, -0.05) is 18.2 Å². The number of nitrogens with one attached hydrogen (secondary N) is 2. The molecule has 0 radical (unpaired) electrons. The number of benzene rings is 1. The molecule has 3 N–H and O–H groups in total. The predicted molar refractivity (Wildman–Crippen MR) is 69.1 cm³/mol. The van der Waals surface area contributed by atoms with Crippen molar-refractivity contribution in [2.75, 3.05) is 13.1 Å². The number of para-hydroxylation sites is 1. The summed E-state index contributed by atoms with van der Waals surface area (Å²) in [5, 5.41) is 15.0. The van der Waals surface area contributed by atoms with E-state index in [1.54, 1.807) is 0 Å². The molecular weight excluding hydrogens is 212 g/mol. The lowest BCUT2D eigenvalue weighted by Crippen LogP contribution is -2.47. The van der Waals surface area contributed by atoms with E-state index in [1.165, 1.54) is 10.9 Å². The van der Waals surface area contributed by atoms with Crippen LogP contribution in [0.1, 0.15) is 18.4 Å². The SMILES string of the molecule is OC1(Cc2cccc3cc[nH]c23)CCCNC1. The number of aliphatic hydroxyl groups is 1. The first-order valence-electron chi connectivity index (χ1n) is 6.25. The molecule has 0 aliphatic carbocycles. The number of piperidine rings is 1. The van der Waals surface area contributed by atoms with Crippen LogP contribution in [-0.4, -0.2) is 28.8 Å². The van der Waals surface area contributed by atoms with Crippen LogP contribution in [0.15, 0.2) is 30.5 Å². The first-order chi connectivity index (χ1) is 8.27. The molecule has 0 saturated carbocycles. The first kappa shape index (κ1) is 10.8. The molecule has 1 aliphatic rings. The smallest absolute Gasteiger partial charge is 0.0812 e. The highest BCUT2D eigenvalue weighted by molar-refractivity contribution is 5.82. The molecule has 1 aromatic carbocycles. The van der Waals surface area contributed by atoms with E-state index in [-0.39, 0.29) is 0 Å². The molecule has 1 aromatic heterocycles. The number of H-pyrrole nitrogens is 1. The molecule has 0 bridgehead atoms. The molecule has 3 rings (SSSR count). The average Bonchev–Trinajstić information content (AvgIpc) is 2.79. The highest BCUT2D eigenvalue weighted by atomic mass is 16.3. The molecular formula is C14H18N2O. The molecule has 0 spiro atoms. The van der Waals surface area contributed by atoms with Crippen molar-refractivity contribution in [2.45, 2.75) is 24.9 Å². The zero-order valence-electron chi connectivity index (χ0n) is 9.87. The lowest BCUT2D eigenvalue weighted by Gasteiger charge is -2.32. The Balaban J connectivity index is 1.91. The van der Waals surface area contributed by atoms with Crippen LogP contribution in [0.25, 0.3) is 10.9 Å². The Morgan fingerprint density at radius 3 is 3.06 bits per heavy atom. The third kappa shape index (κ3) is 2.08. The van der Waals surface area contributed by atoms with Gasteiger partial charge in [0.2, 0.25) is 0 Å². The zero-order chi connectivity index (χ0) is 11.7. The number of β-amino-alcohol motifs (C(OH)–C–C–N with tert-alkyl or cyclic N) is 1. The largest absolute Gasteiger partial charge is 0.388 e. The normalized spacial score (nSPS) is 25.2. The van der Waals surface area contributed by atoms with E-state index < -0.39 is 5.60 Å². The van der Waals surface area contributed by atoms with Gasteiger partial charge < -0.3 is 15.4 Å². The molecule has 2 aromatic rings. The maximum Gasteiger partial charge on any atom is 0.0812 e. The van der Waals surface area contributed by atoms with E-state index in [0.29, 0.717) is 6.54 Å².